The molecule has 0 radical (unpaired) electrons. The Bertz CT molecular complexity index is 465. The maximum Gasteiger partial charge on any atom is 0.408 e. The van der Waals surface area contributed by atoms with E-state index in [-0.39, 0.29) is 36.8 Å². The summed E-state index contributed by atoms with van der Waals surface area (Å²) < 4.78 is 45.4. The van der Waals surface area contributed by atoms with Crippen LogP contribution in [0.5, 0.6) is 11.5 Å². The summed E-state index contributed by atoms with van der Waals surface area (Å²) >= 11 is 0. The number of methoxy groups -OCH3 is 1. The summed E-state index contributed by atoms with van der Waals surface area (Å²) in [5.41, 5.74) is -0.218. The summed E-state index contributed by atoms with van der Waals surface area (Å²) in [5, 5.41) is 12.9. The molecule has 1 aromatic rings. The third kappa shape index (κ3) is 3.93. The van der Waals surface area contributed by atoms with E-state index in [0.29, 0.717) is 13.1 Å². The molecule has 0 aromatic heterocycles. The van der Waals surface area contributed by atoms with Crippen molar-refractivity contribution >= 4 is 12.4 Å². The van der Waals surface area contributed by atoms with Gasteiger partial charge in [-0.05, 0) is 12.1 Å². The molecule has 0 bridgehead atoms. The number of nitrogens with one attached hydrogen (secondary N) is 1. The number of phenols is 1. The molecule has 0 amide bonds. The maximum absolute atomic E-state index is 13.5. The fraction of sp³-hybridized carbons (Fsp3) is 0.538. The van der Waals surface area contributed by atoms with Gasteiger partial charge in [0, 0.05) is 26.2 Å². The lowest BCUT2D eigenvalue weighted by molar-refractivity contribution is -0.188. The minimum Gasteiger partial charge on any atom is -0.507 e. The van der Waals surface area contributed by atoms with E-state index in [0.717, 1.165) is 0 Å². The Labute approximate surface area is 127 Å². The van der Waals surface area contributed by atoms with Crippen LogP contribution >= 0.6 is 12.4 Å². The molecule has 0 spiro atoms. The zero-order valence-electron chi connectivity index (χ0n) is 11.5. The molecule has 1 fully saturated rings. The van der Waals surface area contributed by atoms with Crippen LogP contribution in [-0.4, -0.2) is 49.5 Å². The fourth-order valence-corrected chi connectivity index (χ4v) is 2.48. The van der Waals surface area contributed by atoms with Crippen LogP contribution in [0.15, 0.2) is 18.2 Å². The van der Waals surface area contributed by atoms with E-state index in [2.05, 4.69) is 5.32 Å². The molecule has 1 aromatic carbocycles. The Balaban J connectivity index is 0.00000220. The van der Waals surface area contributed by atoms with Crippen LogP contribution < -0.4 is 10.1 Å². The molecule has 1 aliphatic rings. The summed E-state index contributed by atoms with van der Waals surface area (Å²) in [6.07, 6.45) is -4.48. The number of nitrogens with zero attached hydrogens (tertiary/aromatic N) is 1. The average Bonchev–Trinajstić information content (AvgIpc) is 2.40. The number of halogens is 4. The number of piperazine rings is 1. The van der Waals surface area contributed by atoms with Gasteiger partial charge in [0.05, 0.1) is 12.7 Å². The van der Waals surface area contributed by atoms with Gasteiger partial charge in [0.2, 0.25) is 0 Å². The van der Waals surface area contributed by atoms with Crippen LogP contribution in [0.4, 0.5) is 13.2 Å². The number of aromatic hydroxyl groups is 1. The van der Waals surface area contributed by atoms with Crippen molar-refractivity contribution in [1.29, 1.82) is 0 Å². The van der Waals surface area contributed by atoms with E-state index in [1.807, 2.05) is 0 Å². The molecule has 0 saturated carbocycles. The predicted octanol–water partition coefficient (Wildman–Crippen LogP) is 2.33. The Morgan fingerprint density at radius 2 is 1.90 bits per heavy atom. The normalized spacial score (nSPS) is 17.9. The third-order valence-corrected chi connectivity index (χ3v) is 3.36. The Morgan fingerprint density at radius 1 is 1.29 bits per heavy atom. The standard InChI is InChI=1S/C13H17F3N2O2.ClH/c1-20-10-4-2-3-9(19)11(10)12(13(14,15)16)18-7-5-17-6-8-18;/h2-4,12,17,19H,5-8H2,1H3;1H/t12-;/m1./s1. The van der Waals surface area contributed by atoms with Crippen molar-refractivity contribution in [2.24, 2.45) is 0 Å². The Morgan fingerprint density at radius 3 is 2.43 bits per heavy atom. The van der Waals surface area contributed by atoms with Crippen LogP contribution in [0.3, 0.4) is 0 Å². The van der Waals surface area contributed by atoms with Gasteiger partial charge in [-0.3, -0.25) is 4.90 Å². The van der Waals surface area contributed by atoms with E-state index >= 15 is 0 Å². The molecule has 8 heteroatoms. The van der Waals surface area contributed by atoms with Crippen LogP contribution in [0, 0.1) is 0 Å². The van der Waals surface area contributed by atoms with Crippen LogP contribution in [0.1, 0.15) is 11.6 Å². The highest BCUT2D eigenvalue weighted by Crippen LogP contribution is 2.45. The van der Waals surface area contributed by atoms with E-state index in [1.165, 1.54) is 30.2 Å². The first-order valence-electron chi connectivity index (χ1n) is 6.32. The molecular formula is C13H18ClF3N2O2. The third-order valence-electron chi connectivity index (χ3n) is 3.36. The van der Waals surface area contributed by atoms with Crippen molar-refractivity contribution in [3.05, 3.63) is 23.8 Å². The molecule has 2 rings (SSSR count). The van der Waals surface area contributed by atoms with Crippen molar-refractivity contribution in [1.82, 2.24) is 10.2 Å². The first-order valence-corrected chi connectivity index (χ1v) is 6.32. The van der Waals surface area contributed by atoms with Gasteiger partial charge in [-0.1, -0.05) is 6.07 Å². The van der Waals surface area contributed by atoms with Gasteiger partial charge in [0.25, 0.3) is 0 Å². The van der Waals surface area contributed by atoms with Crippen LogP contribution in [0.25, 0.3) is 0 Å². The number of hydrogen-bond donors (Lipinski definition) is 2. The zero-order chi connectivity index (χ0) is 14.8. The second-order valence-corrected chi connectivity index (χ2v) is 4.62. The Kier molecular flexibility index (Phi) is 6.12. The fourth-order valence-electron chi connectivity index (χ4n) is 2.48. The first-order chi connectivity index (χ1) is 9.45. The molecule has 2 N–H and O–H groups in total. The number of phenolic OH excluding ortho intramolecular Hbond substituents is 1. The largest absolute Gasteiger partial charge is 0.507 e. The lowest BCUT2D eigenvalue weighted by Gasteiger charge is -2.36. The highest BCUT2D eigenvalue weighted by Gasteiger charge is 2.47. The van der Waals surface area contributed by atoms with Gasteiger partial charge in [0.15, 0.2) is 0 Å². The highest BCUT2D eigenvalue weighted by molar-refractivity contribution is 5.85. The van der Waals surface area contributed by atoms with Gasteiger partial charge in [0.1, 0.15) is 17.5 Å². The lowest BCUT2D eigenvalue weighted by atomic mass is 10.0. The molecular weight excluding hydrogens is 309 g/mol. The van der Waals surface area contributed by atoms with E-state index in [4.69, 9.17) is 4.74 Å². The number of rotatable bonds is 3. The zero-order valence-corrected chi connectivity index (χ0v) is 12.3. The summed E-state index contributed by atoms with van der Waals surface area (Å²) in [6, 6.07) is 2.28. The topological polar surface area (TPSA) is 44.7 Å². The van der Waals surface area contributed by atoms with E-state index in [9.17, 15) is 18.3 Å². The number of alkyl halides is 3. The van der Waals surface area contributed by atoms with Gasteiger partial charge in [-0.2, -0.15) is 13.2 Å². The second-order valence-electron chi connectivity index (χ2n) is 4.62. The molecule has 120 valence electrons. The molecule has 21 heavy (non-hydrogen) atoms. The van der Waals surface area contributed by atoms with Crippen molar-refractivity contribution in [3.63, 3.8) is 0 Å². The summed E-state index contributed by atoms with van der Waals surface area (Å²) in [6.45, 7) is 1.51. The quantitative estimate of drug-likeness (QED) is 0.895. The lowest BCUT2D eigenvalue weighted by Crippen LogP contribution is -2.49. The average molecular weight is 327 g/mol. The van der Waals surface area contributed by atoms with Gasteiger partial charge < -0.3 is 15.2 Å². The highest BCUT2D eigenvalue weighted by atomic mass is 35.5. The van der Waals surface area contributed by atoms with Gasteiger partial charge >= 0.3 is 6.18 Å². The van der Waals surface area contributed by atoms with Gasteiger partial charge in [-0.15, -0.1) is 12.4 Å². The van der Waals surface area contributed by atoms with Crippen molar-refractivity contribution < 1.29 is 23.0 Å². The van der Waals surface area contributed by atoms with E-state index < -0.39 is 18.0 Å². The molecule has 1 saturated heterocycles. The monoisotopic (exact) mass is 326 g/mol. The van der Waals surface area contributed by atoms with Crippen molar-refractivity contribution in [2.45, 2.75) is 12.2 Å². The van der Waals surface area contributed by atoms with E-state index in [1.54, 1.807) is 0 Å². The van der Waals surface area contributed by atoms with Crippen LogP contribution in [-0.2, 0) is 0 Å². The minimum absolute atomic E-state index is 0. The molecule has 0 aliphatic carbocycles. The second kappa shape index (κ2) is 7.20. The van der Waals surface area contributed by atoms with Crippen molar-refractivity contribution in [3.8, 4) is 11.5 Å². The smallest absolute Gasteiger partial charge is 0.408 e. The number of ether oxygens (including phenoxy) is 1. The van der Waals surface area contributed by atoms with Crippen molar-refractivity contribution in [2.75, 3.05) is 33.3 Å². The van der Waals surface area contributed by atoms with Gasteiger partial charge in [-0.25, -0.2) is 0 Å². The number of benzene rings is 1. The predicted molar refractivity (Wildman–Crippen MR) is 75.1 cm³/mol. The summed E-state index contributed by atoms with van der Waals surface area (Å²) in [4.78, 5) is 1.31. The first kappa shape index (κ1) is 17.9. The molecule has 0 unspecified atom stereocenters. The molecule has 4 nitrogen and oxygen atoms in total. The summed E-state index contributed by atoms with van der Waals surface area (Å²) in [7, 11) is 1.30. The molecule has 1 aliphatic heterocycles. The minimum atomic E-state index is -4.48. The maximum atomic E-state index is 13.5. The molecule has 1 atom stereocenters. The number of hydrogen-bond acceptors (Lipinski definition) is 4. The van der Waals surface area contributed by atoms with Crippen LogP contribution in [0.2, 0.25) is 0 Å². The Hall–Kier alpha value is -1.18. The SMILES string of the molecule is COc1cccc(O)c1[C@@H](N1CCNCC1)C(F)(F)F.Cl. The summed E-state index contributed by atoms with van der Waals surface area (Å²) in [5.74, 6) is -0.351. The molecule has 1 heterocycles.